The Balaban J connectivity index is 2.33. The number of benzene rings is 1. The zero-order valence-electron chi connectivity index (χ0n) is 10.2. The molecule has 0 aromatic heterocycles. The highest BCUT2D eigenvalue weighted by molar-refractivity contribution is 5.94. The third-order valence-corrected chi connectivity index (χ3v) is 2.27. The number of carbonyl (C=O) groups excluding carboxylic acids is 2. The molecule has 0 saturated heterocycles. The molecule has 0 aliphatic heterocycles. The number of amides is 2. The van der Waals surface area contributed by atoms with Gasteiger partial charge in [0.25, 0.3) is 5.91 Å². The Morgan fingerprint density at radius 1 is 1.17 bits per heavy atom. The standard InChI is InChI=1S/C12H17N3O3/c1-18-10-4-2-9(3-5-10)12(17)15-7-6-14-11(16)8-13/h2-5H,6-8,13H2,1H3,(H,14,16)(H,15,17). The molecule has 0 fully saturated rings. The Bertz CT molecular complexity index is 404. The van der Waals surface area contributed by atoms with Gasteiger partial charge in [-0.05, 0) is 24.3 Å². The average Bonchev–Trinajstić information content (AvgIpc) is 2.43. The van der Waals surface area contributed by atoms with Crippen molar-refractivity contribution in [2.45, 2.75) is 0 Å². The minimum atomic E-state index is -0.242. The second-order valence-corrected chi connectivity index (χ2v) is 3.54. The lowest BCUT2D eigenvalue weighted by Crippen LogP contribution is -2.37. The van der Waals surface area contributed by atoms with Crippen molar-refractivity contribution in [3.8, 4) is 5.75 Å². The summed E-state index contributed by atoms with van der Waals surface area (Å²) in [6.07, 6.45) is 0. The van der Waals surface area contributed by atoms with Gasteiger partial charge in [0.15, 0.2) is 0 Å². The van der Waals surface area contributed by atoms with E-state index in [1.54, 1.807) is 31.4 Å². The van der Waals surface area contributed by atoms with Crippen LogP contribution in [-0.2, 0) is 4.79 Å². The van der Waals surface area contributed by atoms with Crippen LogP contribution in [0.4, 0.5) is 0 Å². The summed E-state index contributed by atoms with van der Waals surface area (Å²) in [5.74, 6) is 0.259. The van der Waals surface area contributed by atoms with E-state index in [1.165, 1.54) is 0 Å². The van der Waals surface area contributed by atoms with E-state index >= 15 is 0 Å². The van der Waals surface area contributed by atoms with E-state index in [2.05, 4.69) is 10.6 Å². The normalized spacial score (nSPS) is 9.67. The maximum atomic E-state index is 11.7. The van der Waals surface area contributed by atoms with Gasteiger partial charge in [-0.2, -0.15) is 0 Å². The van der Waals surface area contributed by atoms with Crippen LogP contribution >= 0.6 is 0 Å². The van der Waals surface area contributed by atoms with Crippen LogP contribution in [0, 0.1) is 0 Å². The average molecular weight is 251 g/mol. The molecular weight excluding hydrogens is 234 g/mol. The van der Waals surface area contributed by atoms with Gasteiger partial charge in [0.2, 0.25) is 5.91 Å². The van der Waals surface area contributed by atoms with Gasteiger partial charge in [0, 0.05) is 18.7 Å². The quantitative estimate of drug-likeness (QED) is 0.594. The molecule has 1 aromatic carbocycles. The maximum Gasteiger partial charge on any atom is 0.251 e. The highest BCUT2D eigenvalue weighted by Crippen LogP contribution is 2.10. The van der Waals surface area contributed by atoms with E-state index in [0.29, 0.717) is 24.4 Å². The Morgan fingerprint density at radius 2 is 1.78 bits per heavy atom. The minimum Gasteiger partial charge on any atom is -0.497 e. The molecule has 1 aromatic rings. The highest BCUT2D eigenvalue weighted by atomic mass is 16.5. The Kier molecular flexibility index (Phi) is 5.66. The van der Waals surface area contributed by atoms with Crippen molar-refractivity contribution in [2.24, 2.45) is 5.73 Å². The molecule has 4 N–H and O–H groups in total. The predicted octanol–water partition coefficient (Wildman–Crippen LogP) is -0.500. The van der Waals surface area contributed by atoms with Gasteiger partial charge in [-0.1, -0.05) is 0 Å². The third kappa shape index (κ3) is 4.42. The molecule has 0 spiro atoms. The zero-order chi connectivity index (χ0) is 13.4. The van der Waals surface area contributed by atoms with Crippen LogP contribution in [0.2, 0.25) is 0 Å². The van der Waals surface area contributed by atoms with Gasteiger partial charge < -0.3 is 21.1 Å². The topological polar surface area (TPSA) is 93.5 Å². The van der Waals surface area contributed by atoms with E-state index in [0.717, 1.165) is 0 Å². The summed E-state index contributed by atoms with van der Waals surface area (Å²) in [7, 11) is 1.56. The number of nitrogens with two attached hydrogens (primary N) is 1. The molecule has 0 heterocycles. The smallest absolute Gasteiger partial charge is 0.251 e. The first-order chi connectivity index (χ1) is 8.67. The van der Waals surface area contributed by atoms with Gasteiger partial charge in [-0.15, -0.1) is 0 Å². The molecule has 0 radical (unpaired) electrons. The van der Waals surface area contributed by atoms with Crippen LogP contribution in [0.1, 0.15) is 10.4 Å². The molecule has 98 valence electrons. The zero-order valence-corrected chi connectivity index (χ0v) is 10.2. The number of nitrogens with one attached hydrogen (secondary N) is 2. The molecule has 0 bridgehead atoms. The lowest BCUT2D eigenvalue weighted by Gasteiger charge is -2.07. The largest absolute Gasteiger partial charge is 0.497 e. The predicted molar refractivity (Wildman–Crippen MR) is 67.4 cm³/mol. The third-order valence-electron chi connectivity index (χ3n) is 2.27. The van der Waals surface area contributed by atoms with Crippen LogP contribution in [-0.4, -0.2) is 38.6 Å². The van der Waals surface area contributed by atoms with Crippen molar-refractivity contribution >= 4 is 11.8 Å². The number of ether oxygens (including phenoxy) is 1. The summed E-state index contributed by atoms with van der Waals surface area (Å²) in [6, 6.07) is 6.77. The number of hydrogen-bond acceptors (Lipinski definition) is 4. The number of rotatable bonds is 6. The summed E-state index contributed by atoms with van der Waals surface area (Å²) in [6.45, 7) is 0.668. The van der Waals surface area contributed by atoms with Gasteiger partial charge in [0.05, 0.1) is 13.7 Å². The van der Waals surface area contributed by atoms with Crippen LogP contribution in [0.5, 0.6) is 5.75 Å². The van der Waals surface area contributed by atoms with Crippen molar-refractivity contribution in [3.05, 3.63) is 29.8 Å². The van der Waals surface area contributed by atoms with Crippen molar-refractivity contribution < 1.29 is 14.3 Å². The molecule has 0 saturated carbocycles. The second-order valence-electron chi connectivity index (χ2n) is 3.54. The van der Waals surface area contributed by atoms with Gasteiger partial charge in [-0.25, -0.2) is 0 Å². The van der Waals surface area contributed by atoms with Crippen LogP contribution < -0.4 is 21.1 Å². The molecule has 0 unspecified atom stereocenters. The molecule has 6 nitrogen and oxygen atoms in total. The number of carbonyl (C=O) groups is 2. The van der Waals surface area contributed by atoms with Crippen molar-refractivity contribution in [1.29, 1.82) is 0 Å². The van der Waals surface area contributed by atoms with Gasteiger partial charge >= 0.3 is 0 Å². The van der Waals surface area contributed by atoms with Crippen molar-refractivity contribution in [1.82, 2.24) is 10.6 Å². The molecule has 1 rings (SSSR count). The molecule has 0 atom stereocenters. The fourth-order valence-electron chi connectivity index (χ4n) is 1.29. The van der Waals surface area contributed by atoms with Crippen LogP contribution in [0.3, 0.4) is 0 Å². The minimum absolute atomic E-state index is 0.0492. The van der Waals surface area contributed by atoms with Crippen LogP contribution in [0.25, 0.3) is 0 Å². The summed E-state index contributed by atoms with van der Waals surface area (Å²) < 4.78 is 5.00. The summed E-state index contributed by atoms with van der Waals surface area (Å²) >= 11 is 0. The first-order valence-corrected chi connectivity index (χ1v) is 5.56. The van der Waals surface area contributed by atoms with E-state index in [9.17, 15) is 9.59 Å². The van der Waals surface area contributed by atoms with E-state index in [4.69, 9.17) is 10.5 Å². The van der Waals surface area contributed by atoms with E-state index < -0.39 is 0 Å². The monoisotopic (exact) mass is 251 g/mol. The maximum absolute atomic E-state index is 11.7. The highest BCUT2D eigenvalue weighted by Gasteiger charge is 2.04. The Morgan fingerprint density at radius 3 is 2.33 bits per heavy atom. The fraction of sp³-hybridized carbons (Fsp3) is 0.333. The lowest BCUT2D eigenvalue weighted by atomic mass is 10.2. The summed E-state index contributed by atoms with van der Waals surface area (Å²) in [5, 5.41) is 5.24. The van der Waals surface area contributed by atoms with Crippen LogP contribution in [0.15, 0.2) is 24.3 Å². The summed E-state index contributed by atoms with van der Waals surface area (Å²) in [4.78, 5) is 22.5. The number of hydrogen-bond donors (Lipinski definition) is 3. The SMILES string of the molecule is COc1ccc(C(=O)NCCNC(=O)CN)cc1. The first kappa shape index (κ1) is 14.0. The Labute approximate surface area is 105 Å². The lowest BCUT2D eigenvalue weighted by molar-refractivity contribution is -0.119. The van der Waals surface area contributed by atoms with E-state index in [1.807, 2.05) is 0 Å². The Hall–Kier alpha value is -2.08. The molecule has 6 heteroatoms. The second kappa shape index (κ2) is 7.29. The van der Waals surface area contributed by atoms with Crippen molar-refractivity contribution in [3.63, 3.8) is 0 Å². The molecule has 0 aliphatic rings. The molecule has 18 heavy (non-hydrogen) atoms. The number of methoxy groups -OCH3 is 1. The first-order valence-electron chi connectivity index (χ1n) is 5.56. The van der Waals surface area contributed by atoms with Crippen molar-refractivity contribution in [2.75, 3.05) is 26.7 Å². The van der Waals surface area contributed by atoms with Gasteiger partial charge in [0.1, 0.15) is 5.75 Å². The summed E-state index contributed by atoms with van der Waals surface area (Å²) in [5.41, 5.74) is 5.66. The molecule has 0 aliphatic carbocycles. The molecular formula is C12H17N3O3. The van der Waals surface area contributed by atoms with Gasteiger partial charge in [-0.3, -0.25) is 9.59 Å². The van der Waals surface area contributed by atoms with E-state index in [-0.39, 0.29) is 18.4 Å². The fourth-order valence-corrected chi connectivity index (χ4v) is 1.29. The molecule has 2 amide bonds.